The van der Waals surface area contributed by atoms with Crippen molar-refractivity contribution in [1.82, 2.24) is 87.2 Å². The number of rotatable bonds is 6. The van der Waals surface area contributed by atoms with E-state index in [0.29, 0.717) is 34.9 Å². The lowest BCUT2D eigenvalue weighted by Crippen LogP contribution is -2.29. The fourth-order valence-electron chi connectivity index (χ4n) is 26.0. The van der Waals surface area contributed by atoms with Gasteiger partial charge in [0.2, 0.25) is 0 Å². The van der Waals surface area contributed by atoms with Crippen LogP contribution in [0.4, 0.5) is 34.9 Å². The van der Waals surface area contributed by atoms with Crippen molar-refractivity contribution in [3.8, 4) is 67.5 Å². The van der Waals surface area contributed by atoms with Crippen molar-refractivity contribution in [2.75, 3.05) is 34.4 Å². The third kappa shape index (κ3) is 15.0. The van der Waals surface area contributed by atoms with Gasteiger partial charge in [-0.2, -0.15) is 0 Å². The number of aryl methyl sites for hydroxylation is 6. The number of nitrogens with zero attached hydrogens (tertiary/aromatic N) is 18. The summed E-state index contributed by atoms with van der Waals surface area (Å²) < 4.78 is 13.2. The van der Waals surface area contributed by atoms with E-state index in [1.165, 1.54) is 66.8 Å². The van der Waals surface area contributed by atoms with Gasteiger partial charge in [-0.25, -0.2) is 59.8 Å². The third-order valence-electron chi connectivity index (χ3n) is 32.4. The normalized spacial score (nSPS) is 24.3. The van der Waals surface area contributed by atoms with E-state index in [4.69, 9.17) is 34.4 Å². The Labute approximate surface area is 829 Å². The van der Waals surface area contributed by atoms with E-state index >= 15 is 0 Å². The maximum Gasteiger partial charge on any atom is 0.123 e. The summed E-state index contributed by atoms with van der Waals surface area (Å²) in [5.74, 6) is 3.68. The largest absolute Gasteiger partial charge is 0.388 e. The van der Waals surface area contributed by atoms with Crippen LogP contribution >= 0.6 is 0 Å². The summed E-state index contributed by atoms with van der Waals surface area (Å²) in [7, 11) is 0. The molecule has 18 heterocycles. The summed E-state index contributed by atoms with van der Waals surface area (Å²) in [6.45, 7) is 0. The van der Waals surface area contributed by atoms with Crippen LogP contribution in [0.15, 0.2) is 294 Å². The van der Waals surface area contributed by atoms with Gasteiger partial charge in [0.15, 0.2) is 0 Å². The second-order valence-electron chi connectivity index (χ2n) is 39.8. The molecule has 30 rings (SSSR count). The van der Waals surface area contributed by atoms with Gasteiger partial charge in [-0.15, -0.1) is 0 Å². The molecule has 0 bridgehead atoms. The molecule has 0 unspecified atom stereocenters. The van der Waals surface area contributed by atoms with Gasteiger partial charge in [0, 0.05) is 136 Å². The Morgan fingerprint density at radius 3 is 0.486 bits per heavy atom. The fourth-order valence-corrected chi connectivity index (χ4v) is 26.0. The van der Waals surface area contributed by atoms with Crippen LogP contribution in [0, 0.1) is 35.5 Å². The quantitative estimate of drug-likeness (QED) is 0.0735. The molecule has 6 aromatic carbocycles. The Morgan fingerprint density at radius 2 is 0.333 bits per heavy atom. The van der Waals surface area contributed by atoms with E-state index in [2.05, 4.69) is 233 Å². The molecule has 18 N–H and O–H groups in total. The minimum Gasteiger partial charge on any atom is -0.388 e. The third-order valence-corrected chi connectivity index (χ3v) is 32.4. The van der Waals surface area contributed by atoms with Crippen molar-refractivity contribution >= 4 is 34.9 Å². The molecule has 18 atom stereocenters. The predicted molar refractivity (Wildman–Crippen MR) is 547 cm³/mol. The molecule has 0 saturated carbocycles. The Balaban J connectivity index is 0.0000000905. The molecule has 30 heteroatoms. The number of hydrogen-bond acceptors (Lipinski definition) is 24. The van der Waals surface area contributed by atoms with Crippen LogP contribution in [0.3, 0.4) is 0 Å². The van der Waals surface area contributed by atoms with Crippen molar-refractivity contribution < 1.29 is 30.6 Å². The van der Waals surface area contributed by atoms with Gasteiger partial charge in [-0.1, -0.05) is 182 Å². The molecule has 0 radical (unpaired) electrons. The molecule has 6 aliphatic heterocycles. The van der Waals surface area contributed by atoms with Gasteiger partial charge >= 0.3 is 0 Å². The second kappa shape index (κ2) is 36.2. The molecule has 12 aromatic heterocycles. The van der Waals surface area contributed by atoms with E-state index in [1.54, 1.807) is 36.4 Å². The highest BCUT2D eigenvalue weighted by Gasteiger charge is 2.49. The van der Waals surface area contributed by atoms with Crippen molar-refractivity contribution in [3.05, 3.63) is 394 Å². The first-order valence-electron chi connectivity index (χ1n) is 49.7. The second-order valence-corrected chi connectivity index (χ2v) is 39.8. The summed E-state index contributed by atoms with van der Waals surface area (Å²) in [4.78, 5) is 52.3. The SMILES string of the molecule is Nc1ccc2c(n1)CC[C@@H]([C@@H]1c3ccccc3-c3cncn31)[C@@H]2O.Nc1ccc2c(n1)CC[C@@H]([C@@H]1c3ccccc3-c3cncn31)[C@H]2O.Nc1ccc2c(n1)CC[C@@H]([C@H]1c3ccccc3-c3cncn31)[C@@H]2O.Nc1ccc2c(n1)CC[C@H]([C@@H]1c3ccccc3-c3cncn31)[C@H]2O.Nc1ccc2c(n1)CC[C@H]([C@H]1c3ccccc3-c3cncn31)[C@@H]2O.Nc1ccc2c(n1)CC[C@H]([C@H]1c3ccccc3-c3cncn31)[C@H]2O. The molecule has 12 aliphatic rings. The first-order chi connectivity index (χ1) is 70.4. The molecule has 6 aliphatic carbocycles. The first-order valence-corrected chi connectivity index (χ1v) is 49.7. The molecule has 0 amide bonds. The van der Waals surface area contributed by atoms with Crippen LogP contribution in [-0.2, 0) is 38.5 Å². The van der Waals surface area contributed by atoms with Crippen LogP contribution in [0.25, 0.3) is 67.5 Å². The molecule has 144 heavy (non-hydrogen) atoms. The maximum absolute atomic E-state index is 11.0. The van der Waals surface area contributed by atoms with Gasteiger partial charge in [-0.3, -0.25) is 0 Å². The molecular formula is C114H108N24O6. The van der Waals surface area contributed by atoms with Crippen LogP contribution in [0.5, 0.6) is 0 Å². The number of nitrogens with two attached hydrogens (primary N) is 6. The lowest BCUT2D eigenvalue weighted by molar-refractivity contribution is 0.0709. The lowest BCUT2D eigenvalue weighted by atomic mass is 9.77. The van der Waals surface area contributed by atoms with Crippen LogP contribution in [0.2, 0.25) is 0 Å². The maximum atomic E-state index is 11.0. The zero-order valence-electron chi connectivity index (χ0n) is 78.8. The number of benzene rings is 6. The van der Waals surface area contributed by atoms with E-state index in [0.717, 1.165) is 179 Å². The fraction of sp³-hybridized carbons (Fsp3) is 0.263. The molecule has 720 valence electrons. The molecule has 18 aromatic rings. The number of imidazole rings is 6. The number of pyridine rings is 6. The minimum atomic E-state index is -0.548. The minimum absolute atomic E-state index is 0.0968. The highest BCUT2D eigenvalue weighted by atomic mass is 16.3. The zero-order valence-corrected chi connectivity index (χ0v) is 78.8. The van der Waals surface area contributed by atoms with Gasteiger partial charge in [-0.05, 0) is 147 Å². The highest BCUT2D eigenvalue weighted by Crippen LogP contribution is 2.58. The number of nitrogen functional groups attached to an aromatic ring is 6. The topological polar surface area (TPSA) is 462 Å². The number of aromatic nitrogens is 18. The number of hydrogen-bond donors (Lipinski definition) is 12. The smallest absolute Gasteiger partial charge is 0.123 e. The number of aliphatic hydroxyl groups excluding tert-OH is 6. The lowest BCUT2D eigenvalue weighted by Gasteiger charge is -2.34. The zero-order chi connectivity index (χ0) is 97.6. The van der Waals surface area contributed by atoms with Gasteiger partial charge < -0.3 is 92.4 Å². The first kappa shape index (κ1) is 89.4. The Kier molecular flexibility index (Phi) is 22.5. The van der Waals surface area contributed by atoms with Gasteiger partial charge in [0.25, 0.3) is 0 Å². The molecule has 0 fully saturated rings. The van der Waals surface area contributed by atoms with E-state index in [-0.39, 0.29) is 71.8 Å². The summed E-state index contributed by atoms with van der Waals surface area (Å²) in [6, 6.07) is 73.3. The summed E-state index contributed by atoms with van der Waals surface area (Å²) >= 11 is 0. The number of aliphatic hydroxyl groups is 6. The number of fused-ring (bicyclic) bond motifs is 24. The molecule has 30 nitrogen and oxygen atoms in total. The van der Waals surface area contributed by atoms with Crippen molar-refractivity contribution in [2.45, 2.75) is 150 Å². The highest BCUT2D eigenvalue weighted by molar-refractivity contribution is 5.75. The molecule has 0 saturated heterocycles. The van der Waals surface area contributed by atoms with Gasteiger partial charge in [0.05, 0.1) is 182 Å². The van der Waals surface area contributed by atoms with Crippen LogP contribution in [-0.4, -0.2) is 118 Å². The monoisotopic (exact) mass is 1910 g/mol. The standard InChI is InChI=1S/6C19H18N4O/c6*20-17-8-6-13-15(22-17)7-5-14(19(13)24)18-12-4-2-1-3-11(12)16-9-21-10-23(16)18/h6*1-4,6,8-10,14,18-19,24H,5,7H2,(H2,20,22)/t2*14-,18+,19+;2*14-,18-,19+;2*14-,18-,19-/m101010/s1. The van der Waals surface area contributed by atoms with E-state index < -0.39 is 36.6 Å². The molecule has 0 spiro atoms. The van der Waals surface area contributed by atoms with Crippen LogP contribution in [0.1, 0.15) is 212 Å². The summed E-state index contributed by atoms with van der Waals surface area (Å²) in [5, 5.41) is 66.3. The Bertz CT molecular complexity index is 6780. The number of anilines is 6. The average Bonchev–Trinajstić information content (AvgIpc) is 1.60. The van der Waals surface area contributed by atoms with E-state index in [1.807, 2.05) is 112 Å². The van der Waals surface area contributed by atoms with Gasteiger partial charge in [0.1, 0.15) is 34.9 Å². The summed E-state index contributed by atoms with van der Waals surface area (Å²) in [5.41, 5.74) is 67.4. The Hall–Kier alpha value is -16.0. The molecular weight excluding hydrogens is 1800 g/mol. The van der Waals surface area contributed by atoms with Crippen LogP contribution < -0.4 is 34.4 Å². The van der Waals surface area contributed by atoms with Crippen molar-refractivity contribution in [1.29, 1.82) is 0 Å². The average molecular weight is 1910 g/mol. The predicted octanol–water partition coefficient (Wildman–Crippen LogP) is 16.4. The van der Waals surface area contributed by atoms with Crippen molar-refractivity contribution in [2.24, 2.45) is 35.5 Å². The summed E-state index contributed by atoms with van der Waals surface area (Å²) in [6.07, 6.45) is 29.7. The van der Waals surface area contributed by atoms with E-state index in [9.17, 15) is 30.6 Å². The van der Waals surface area contributed by atoms with Crippen molar-refractivity contribution in [3.63, 3.8) is 0 Å². The Morgan fingerprint density at radius 1 is 0.188 bits per heavy atom.